The van der Waals surface area contributed by atoms with Gasteiger partial charge in [0.15, 0.2) is 10.8 Å². The van der Waals surface area contributed by atoms with Gasteiger partial charge in [-0.3, -0.25) is 4.79 Å². The molecule has 4 rings (SSSR count). The molecule has 3 atom stereocenters. The highest BCUT2D eigenvalue weighted by Crippen LogP contribution is 2.48. The summed E-state index contributed by atoms with van der Waals surface area (Å²) in [5, 5.41) is 7.50. The molecule has 1 saturated heterocycles. The maximum Gasteiger partial charge on any atom is 0.236 e. The minimum atomic E-state index is -0.962. The lowest BCUT2D eigenvalue weighted by molar-refractivity contribution is -0.150. The molecule has 2 aromatic rings. The van der Waals surface area contributed by atoms with Crippen molar-refractivity contribution >= 4 is 40.5 Å². The predicted molar refractivity (Wildman–Crippen MR) is 116 cm³/mol. The topological polar surface area (TPSA) is 62.8 Å². The summed E-state index contributed by atoms with van der Waals surface area (Å²) in [4.78, 5) is 15.3. The number of carbonyl (C=O) groups excluding carboxylic acids is 1. The minimum absolute atomic E-state index is 0.160. The average molecular weight is 432 g/mol. The van der Waals surface area contributed by atoms with Gasteiger partial charge in [0.2, 0.25) is 5.91 Å². The first kappa shape index (κ1) is 19.9. The van der Waals surface area contributed by atoms with E-state index in [0.29, 0.717) is 29.0 Å². The fraction of sp³-hybridized carbons (Fsp3) is 0.333. The SMILES string of the molecule is COCCN1C(=S)N[C@H]2c3ccccc3O[C@@]1(C)[C@@H]2C(=O)Nc1ccc(Cl)cc1. The lowest BCUT2D eigenvalue weighted by atomic mass is 9.79. The molecule has 0 radical (unpaired) electrons. The summed E-state index contributed by atoms with van der Waals surface area (Å²) >= 11 is 11.6. The Bertz CT molecular complexity index is 939. The first-order chi connectivity index (χ1) is 13.9. The third kappa shape index (κ3) is 3.54. The summed E-state index contributed by atoms with van der Waals surface area (Å²) < 4.78 is 11.7. The molecule has 6 nitrogen and oxygen atoms in total. The lowest BCUT2D eigenvalue weighted by Crippen LogP contribution is -2.72. The van der Waals surface area contributed by atoms with Crippen molar-refractivity contribution in [3.8, 4) is 5.75 Å². The van der Waals surface area contributed by atoms with Gasteiger partial charge in [0, 0.05) is 29.9 Å². The van der Waals surface area contributed by atoms with Gasteiger partial charge in [0.05, 0.1) is 12.6 Å². The largest absolute Gasteiger partial charge is 0.467 e. The van der Waals surface area contributed by atoms with Crippen LogP contribution in [0.4, 0.5) is 5.69 Å². The summed E-state index contributed by atoms with van der Waals surface area (Å²) in [7, 11) is 1.63. The Morgan fingerprint density at radius 3 is 2.76 bits per heavy atom. The number of amides is 1. The first-order valence-electron chi connectivity index (χ1n) is 9.35. The third-order valence-corrected chi connectivity index (χ3v) is 6.04. The number of methoxy groups -OCH3 is 1. The number of thiocarbonyl (C=S) groups is 1. The van der Waals surface area contributed by atoms with Crippen molar-refractivity contribution in [3.05, 3.63) is 59.1 Å². The predicted octanol–water partition coefficient (Wildman–Crippen LogP) is 3.58. The zero-order chi connectivity index (χ0) is 20.6. The standard InChI is InChI=1S/C21H22ClN3O3S/c1-21-17(19(26)23-14-9-7-13(22)8-10-14)18(15-5-3-4-6-16(15)28-21)24-20(29)25(21)11-12-27-2/h3-10,17-18H,11-12H2,1-2H3,(H,23,26)(H,24,29)/t17-,18-,21-/m0/s1. The van der Waals surface area contributed by atoms with E-state index in [-0.39, 0.29) is 11.9 Å². The van der Waals surface area contributed by atoms with Gasteiger partial charge in [-0.2, -0.15) is 0 Å². The van der Waals surface area contributed by atoms with E-state index >= 15 is 0 Å². The number of halogens is 1. The number of hydrogen-bond acceptors (Lipinski definition) is 4. The number of rotatable bonds is 5. The molecule has 8 heteroatoms. The number of para-hydroxylation sites is 1. The Balaban J connectivity index is 1.73. The second-order valence-electron chi connectivity index (χ2n) is 7.24. The van der Waals surface area contributed by atoms with Gasteiger partial charge >= 0.3 is 0 Å². The van der Waals surface area contributed by atoms with E-state index in [1.54, 1.807) is 31.4 Å². The highest BCUT2D eigenvalue weighted by Gasteiger charge is 2.58. The van der Waals surface area contributed by atoms with Crippen LogP contribution in [0.3, 0.4) is 0 Å². The quantitative estimate of drug-likeness (QED) is 0.705. The summed E-state index contributed by atoms with van der Waals surface area (Å²) in [6.45, 7) is 2.86. The molecule has 0 unspecified atom stereocenters. The number of nitrogens with one attached hydrogen (secondary N) is 2. The van der Waals surface area contributed by atoms with Gasteiger partial charge in [0.1, 0.15) is 11.7 Å². The molecule has 1 fully saturated rings. The zero-order valence-electron chi connectivity index (χ0n) is 16.1. The Morgan fingerprint density at radius 2 is 2.03 bits per heavy atom. The zero-order valence-corrected chi connectivity index (χ0v) is 17.7. The van der Waals surface area contributed by atoms with Gasteiger partial charge in [-0.25, -0.2) is 0 Å². The average Bonchev–Trinajstić information content (AvgIpc) is 2.69. The van der Waals surface area contributed by atoms with E-state index in [0.717, 1.165) is 11.3 Å². The molecule has 2 heterocycles. The molecule has 0 aromatic heterocycles. The second kappa shape index (κ2) is 7.82. The van der Waals surface area contributed by atoms with Crippen LogP contribution < -0.4 is 15.4 Å². The van der Waals surface area contributed by atoms with E-state index in [1.165, 1.54) is 0 Å². The van der Waals surface area contributed by atoms with E-state index < -0.39 is 11.6 Å². The van der Waals surface area contributed by atoms with Crippen LogP contribution >= 0.6 is 23.8 Å². The molecule has 2 aliphatic rings. The van der Waals surface area contributed by atoms with Gasteiger partial charge in [-0.1, -0.05) is 29.8 Å². The number of fused-ring (bicyclic) bond motifs is 4. The highest BCUT2D eigenvalue weighted by atomic mass is 35.5. The van der Waals surface area contributed by atoms with Crippen LogP contribution in [0.15, 0.2) is 48.5 Å². The molecular weight excluding hydrogens is 410 g/mol. The maximum atomic E-state index is 13.4. The van der Waals surface area contributed by atoms with E-state index in [2.05, 4.69) is 10.6 Å². The number of ether oxygens (including phenoxy) is 2. The molecule has 152 valence electrons. The van der Waals surface area contributed by atoms with Crippen molar-refractivity contribution in [1.29, 1.82) is 0 Å². The third-order valence-electron chi connectivity index (χ3n) is 5.45. The molecule has 2 bridgehead atoms. The summed E-state index contributed by atoms with van der Waals surface area (Å²) in [6.07, 6.45) is 0. The van der Waals surface area contributed by atoms with Crippen LogP contribution in [0, 0.1) is 5.92 Å². The number of anilines is 1. The molecule has 0 aliphatic carbocycles. The van der Waals surface area contributed by atoms with Crippen LogP contribution in [0.2, 0.25) is 5.02 Å². The van der Waals surface area contributed by atoms with Crippen molar-refractivity contribution < 1.29 is 14.3 Å². The summed E-state index contributed by atoms with van der Waals surface area (Å²) in [5.74, 6) is 0.0383. The fourth-order valence-corrected chi connectivity index (χ4v) is 4.58. The van der Waals surface area contributed by atoms with Gasteiger partial charge in [-0.05, 0) is 49.5 Å². The summed E-state index contributed by atoms with van der Waals surface area (Å²) in [5.41, 5.74) is 0.622. The maximum absolute atomic E-state index is 13.4. The number of carbonyl (C=O) groups is 1. The molecular formula is C21H22ClN3O3S. The molecule has 2 N–H and O–H groups in total. The molecule has 2 aliphatic heterocycles. The first-order valence-corrected chi connectivity index (χ1v) is 10.1. The molecule has 0 saturated carbocycles. The van der Waals surface area contributed by atoms with Crippen LogP contribution in [0.25, 0.3) is 0 Å². The number of nitrogens with zero attached hydrogens (tertiary/aromatic N) is 1. The van der Waals surface area contributed by atoms with Crippen molar-refractivity contribution in [2.75, 3.05) is 25.6 Å². The Labute approximate surface area is 180 Å². The van der Waals surface area contributed by atoms with Gasteiger partial charge < -0.3 is 25.0 Å². The van der Waals surface area contributed by atoms with E-state index in [1.807, 2.05) is 36.1 Å². The van der Waals surface area contributed by atoms with Gasteiger partial charge in [-0.15, -0.1) is 0 Å². The van der Waals surface area contributed by atoms with Crippen LogP contribution in [-0.2, 0) is 9.53 Å². The van der Waals surface area contributed by atoms with E-state index in [9.17, 15) is 4.79 Å². The smallest absolute Gasteiger partial charge is 0.236 e. The van der Waals surface area contributed by atoms with Crippen LogP contribution in [-0.4, -0.2) is 41.9 Å². The van der Waals surface area contributed by atoms with Crippen LogP contribution in [0.5, 0.6) is 5.75 Å². The van der Waals surface area contributed by atoms with Crippen LogP contribution in [0.1, 0.15) is 18.5 Å². The Kier molecular flexibility index (Phi) is 5.38. The van der Waals surface area contributed by atoms with Gasteiger partial charge in [0.25, 0.3) is 0 Å². The van der Waals surface area contributed by atoms with Crippen molar-refractivity contribution in [2.24, 2.45) is 5.92 Å². The van der Waals surface area contributed by atoms with Crippen molar-refractivity contribution in [3.63, 3.8) is 0 Å². The Morgan fingerprint density at radius 1 is 1.31 bits per heavy atom. The highest BCUT2D eigenvalue weighted by molar-refractivity contribution is 7.80. The molecule has 1 amide bonds. The molecule has 2 aromatic carbocycles. The normalized spacial score (nSPS) is 24.9. The summed E-state index contributed by atoms with van der Waals surface area (Å²) in [6, 6.07) is 14.5. The van der Waals surface area contributed by atoms with Crippen molar-refractivity contribution in [2.45, 2.75) is 18.7 Å². The molecule has 0 spiro atoms. The number of hydrogen-bond donors (Lipinski definition) is 2. The van der Waals surface area contributed by atoms with Crippen molar-refractivity contribution in [1.82, 2.24) is 10.2 Å². The number of benzene rings is 2. The minimum Gasteiger partial charge on any atom is -0.467 e. The fourth-order valence-electron chi connectivity index (χ4n) is 4.06. The molecule has 29 heavy (non-hydrogen) atoms. The van der Waals surface area contributed by atoms with E-state index in [4.69, 9.17) is 33.3 Å². The second-order valence-corrected chi connectivity index (χ2v) is 8.06. The Hall–Kier alpha value is -2.35. The monoisotopic (exact) mass is 431 g/mol. The lowest BCUT2D eigenvalue weighted by Gasteiger charge is -2.56.